The number of hydrogen-bond acceptors (Lipinski definition) is 6. The van der Waals surface area contributed by atoms with Crippen molar-refractivity contribution >= 4 is 29.1 Å². The predicted molar refractivity (Wildman–Crippen MR) is 118 cm³/mol. The van der Waals surface area contributed by atoms with Gasteiger partial charge in [-0.1, -0.05) is 37.7 Å². The van der Waals surface area contributed by atoms with E-state index in [0.717, 1.165) is 16.8 Å². The highest BCUT2D eigenvalue weighted by Gasteiger charge is 2.15. The Kier molecular flexibility index (Phi) is 6.99. The minimum atomic E-state index is -0.0319. The molecule has 2 aromatic carbocycles. The van der Waals surface area contributed by atoms with E-state index in [1.165, 1.54) is 11.8 Å². The molecule has 7 nitrogen and oxygen atoms in total. The van der Waals surface area contributed by atoms with Crippen LogP contribution in [-0.4, -0.2) is 37.7 Å². The molecule has 1 N–H and O–H groups in total. The van der Waals surface area contributed by atoms with E-state index in [4.69, 9.17) is 0 Å². The molecule has 0 atom stereocenters. The Labute approximate surface area is 180 Å². The summed E-state index contributed by atoms with van der Waals surface area (Å²) >= 11 is 1.30. The van der Waals surface area contributed by atoms with Crippen LogP contribution < -0.4 is 5.32 Å². The Morgan fingerprint density at radius 2 is 1.83 bits per heavy atom. The molecule has 30 heavy (non-hydrogen) atoms. The molecule has 1 amide bonds. The SMILES string of the molecule is Cc1cccc(-n2nnnc2SCC(=O)c2ccc(NC(=O)CC(C)C)cc2)c1C. The lowest BCUT2D eigenvalue weighted by Gasteiger charge is -2.09. The van der Waals surface area contributed by atoms with Crippen LogP contribution in [-0.2, 0) is 4.79 Å². The van der Waals surface area contributed by atoms with Gasteiger partial charge in [0.25, 0.3) is 0 Å². The van der Waals surface area contributed by atoms with Crippen molar-refractivity contribution in [3.63, 3.8) is 0 Å². The Hall–Kier alpha value is -3.00. The van der Waals surface area contributed by atoms with Crippen molar-refractivity contribution in [2.45, 2.75) is 39.3 Å². The van der Waals surface area contributed by atoms with Crippen molar-refractivity contribution in [3.8, 4) is 5.69 Å². The first-order chi connectivity index (χ1) is 14.3. The number of benzene rings is 2. The number of anilines is 1. The lowest BCUT2D eigenvalue weighted by atomic mass is 10.1. The minimum Gasteiger partial charge on any atom is -0.326 e. The maximum atomic E-state index is 12.6. The number of aryl methyl sites for hydroxylation is 1. The molecule has 156 valence electrons. The molecular weight excluding hydrogens is 398 g/mol. The van der Waals surface area contributed by atoms with Gasteiger partial charge in [-0.3, -0.25) is 9.59 Å². The third-order valence-electron chi connectivity index (χ3n) is 4.66. The van der Waals surface area contributed by atoms with Gasteiger partial charge in [-0.15, -0.1) is 5.10 Å². The highest BCUT2D eigenvalue weighted by Crippen LogP contribution is 2.23. The number of hydrogen-bond donors (Lipinski definition) is 1. The molecule has 0 radical (unpaired) electrons. The Balaban J connectivity index is 1.64. The van der Waals surface area contributed by atoms with Crippen molar-refractivity contribution in [3.05, 3.63) is 59.2 Å². The van der Waals surface area contributed by atoms with Gasteiger partial charge >= 0.3 is 0 Å². The first-order valence-corrected chi connectivity index (χ1v) is 10.7. The van der Waals surface area contributed by atoms with Gasteiger partial charge in [-0.05, 0) is 71.7 Å². The molecule has 8 heteroatoms. The van der Waals surface area contributed by atoms with Crippen LogP contribution in [0.1, 0.15) is 41.8 Å². The average molecular weight is 424 g/mol. The maximum absolute atomic E-state index is 12.6. The molecule has 0 aliphatic rings. The van der Waals surface area contributed by atoms with Crippen molar-refractivity contribution in [1.29, 1.82) is 0 Å². The summed E-state index contributed by atoms with van der Waals surface area (Å²) in [5.74, 6) is 0.445. The summed E-state index contributed by atoms with van der Waals surface area (Å²) < 4.78 is 1.66. The lowest BCUT2D eigenvalue weighted by Crippen LogP contribution is -2.14. The quantitative estimate of drug-likeness (QED) is 0.431. The third kappa shape index (κ3) is 5.33. The maximum Gasteiger partial charge on any atom is 0.224 e. The largest absolute Gasteiger partial charge is 0.326 e. The molecule has 0 bridgehead atoms. The fourth-order valence-electron chi connectivity index (χ4n) is 2.92. The zero-order valence-corrected chi connectivity index (χ0v) is 18.4. The first kappa shape index (κ1) is 21.7. The molecule has 0 fully saturated rings. The van der Waals surface area contributed by atoms with Crippen molar-refractivity contribution < 1.29 is 9.59 Å². The lowest BCUT2D eigenvalue weighted by molar-refractivity contribution is -0.116. The second kappa shape index (κ2) is 9.67. The number of thioether (sulfide) groups is 1. The standard InChI is InChI=1S/C22H25N5O2S/c1-14(2)12-21(29)23-18-10-8-17(9-11-18)20(28)13-30-22-24-25-26-27(22)19-7-5-6-15(3)16(19)4/h5-11,14H,12-13H2,1-4H3,(H,23,29). The second-order valence-corrected chi connectivity index (χ2v) is 8.47. The van der Waals surface area contributed by atoms with Gasteiger partial charge in [0, 0.05) is 17.7 Å². The molecule has 1 heterocycles. The molecule has 1 aromatic heterocycles. The highest BCUT2D eigenvalue weighted by atomic mass is 32.2. The number of carbonyl (C=O) groups excluding carboxylic acids is 2. The highest BCUT2D eigenvalue weighted by molar-refractivity contribution is 7.99. The molecule has 0 spiro atoms. The van der Waals surface area contributed by atoms with E-state index in [1.807, 2.05) is 45.9 Å². The van der Waals surface area contributed by atoms with Crippen LogP contribution in [0.3, 0.4) is 0 Å². The third-order valence-corrected chi connectivity index (χ3v) is 5.58. The van der Waals surface area contributed by atoms with Gasteiger partial charge in [0.15, 0.2) is 5.78 Å². The van der Waals surface area contributed by atoms with Gasteiger partial charge in [0.2, 0.25) is 11.1 Å². The predicted octanol–water partition coefficient (Wildman–Crippen LogP) is 4.24. The van der Waals surface area contributed by atoms with Gasteiger partial charge in [-0.25, -0.2) is 0 Å². The zero-order chi connectivity index (χ0) is 21.7. The number of rotatable bonds is 8. The summed E-state index contributed by atoms with van der Waals surface area (Å²) in [6.45, 7) is 8.05. The molecule has 0 saturated heterocycles. The van der Waals surface area contributed by atoms with E-state index >= 15 is 0 Å². The molecule has 3 aromatic rings. The second-order valence-electron chi connectivity index (χ2n) is 7.53. The average Bonchev–Trinajstić information content (AvgIpc) is 3.16. The number of carbonyl (C=O) groups is 2. The van der Waals surface area contributed by atoms with E-state index in [0.29, 0.717) is 28.7 Å². The summed E-state index contributed by atoms with van der Waals surface area (Å²) in [6, 6.07) is 12.9. The molecular formula is C22H25N5O2S. The van der Waals surface area contributed by atoms with E-state index in [2.05, 4.69) is 20.8 Å². The van der Waals surface area contributed by atoms with Crippen molar-refractivity contribution in [1.82, 2.24) is 20.2 Å². The summed E-state index contributed by atoms with van der Waals surface area (Å²) in [6.07, 6.45) is 0.465. The van der Waals surface area contributed by atoms with Crippen LogP contribution in [0.5, 0.6) is 0 Å². The summed E-state index contributed by atoms with van der Waals surface area (Å²) in [5.41, 5.74) is 4.40. The molecule has 0 saturated carbocycles. The smallest absolute Gasteiger partial charge is 0.224 e. The first-order valence-electron chi connectivity index (χ1n) is 9.76. The summed E-state index contributed by atoms with van der Waals surface area (Å²) in [7, 11) is 0. The van der Waals surface area contributed by atoms with Gasteiger partial charge < -0.3 is 5.32 Å². The van der Waals surface area contributed by atoms with E-state index in [9.17, 15) is 9.59 Å². The molecule has 0 unspecified atom stereocenters. The monoisotopic (exact) mass is 423 g/mol. The van der Waals surface area contributed by atoms with Gasteiger partial charge in [0.1, 0.15) is 0 Å². The van der Waals surface area contributed by atoms with E-state index < -0.39 is 0 Å². The minimum absolute atomic E-state index is 0.0297. The Morgan fingerprint density at radius 1 is 1.10 bits per heavy atom. The van der Waals surface area contributed by atoms with Crippen molar-refractivity contribution in [2.24, 2.45) is 5.92 Å². The van der Waals surface area contributed by atoms with Crippen LogP contribution in [0, 0.1) is 19.8 Å². The number of amides is 1. The summed E-state index contributed by atoms with van der Waals surface area (Å²) in [5, 5.41) is 15.3. The van der Waals surface area contributed by atoms with Gasteiger partial charge in [0.05, 0.1) is 11.4 Å². The van der Waals surface area contributed by atoms with Crippen LogP contribution >= 0.6 is 11.8 Å². The van der Waals surface area contributed by atoms with Crippen LogP contribution in [0.25, 0.3) is 5.69 Å². The van der Waals surface area contributed by atoms with Crippen LogP contribution in [0.4, 0.5) is 5.69 Å². The van der Waals surface area contributed by atoms with Crippen molar-refractivity contribution in [2.75, 3.05) is 11.1 Å². The molecule has 0 aliphatic heterocycles. The number of nitrogens with zero attached hydrogens (tertiary/aromatic N) is 4. The molecule has 3 rings (SSSR count). The van der Waals surface area contributed by atoms with E-state index in [1.54, 1.807) is 28.9 Å². The normalized spacial score (nSPS) is 11.0. The Bertz CT molecular complexity index is 1040. The van der Waals surface area contributed by atoms with Gasteiger partial charge in [-0.2, -0.15) is 4.68 Å². The number of aromatic nitrogens is 4. The number of nitrogens with one attached hydrogen (secondary N) is 1. The fraction of sp³-hybridized carbons (Fsp3) is 0.318. The topological polar surface area (TPSA) is 89.8 Å². The molecule has 0 aliphatic carbocycles. The number of Topliss-reactive ketones (excluding diaryl/α,β-unsaturated/α-hetero) is 1. The summed E-state index contributed by atoms with van der Waals surface area (Å²) in [4.78, 5) is 24.5. The van der Waals surface area contributed by atoms with Crippen LogP contribution in [0.2, 0.25) is 0 Å². The fourth-order valence-corrected chi connectivity index (χ4v) is 3.70. The van der Waals surface area contributed by atoms with Crippen LogP contribution in [0.15, 0.2) is 47.6 Å². The number of tetrazole rings is 1. The van der Waals surface area contributed by atoms with E-state index in [-0.39, 0.29) is 17.4 Å². The number of ketones is 1. The zero-order valence-electron chi connectivity index (χ0n) is 17.5. The Morgan fingerprint density at radius 3 is 2.53 bits per heavy atom.